The zero-order valence-electron chi connectivity index (χ0n) is 14.4. The molecule has 0 radical (unpaired) electrons. The molecule has 0 bridgehead atoms. The van der Waals surface area contributed by atoms with Gasteiger partial charge in [-0.25, -0.2) is 4.98 Å². The van der Waals surface area contributed by atoms with E-state index < -0.39 is 0 Å². The van der Waals surface area contributed by atoms with Gasteiger partial charge < -0.3 is 24.3 Å². The number of hydrogen-bond acceptors (Lipinski definition) is 6. The van der Waals surface area contributed by atoms with Gasteiger partial charge in [0.25, 0.3) is 5.91 Å². The molecule has 0 aliphatic carbocycles. The van der Waals surface area contributed by atoms with E-state index in [0.29, 0.717) is 34.2 Å². The number of oxazole rings is 1. The standard InChI is InChI=1S/C19H18N2O5/c1-24-16-6-4-3-5-14(16)18(23)20-10-13-11-26-19(21-13)12-7-8-17(25-2)15(22)9-12/h3-9,11,22H,10H2,1-2H3,(H,20,23). The molecule has 26 heavy (non-hydrogen) atoms. The number of aromatic nitrogens is 1. The summed E-state index contributed by atoms with van der Waals surface area (Å²) in [5, 5.41) is 12.6. The van der Waals surface area contributed by atoms with Crippen molar-refractivity contribution in [3.8, 4) is 28.7 Å². The van der Waals surface area contributed by atoms with Gasteiger partial charge in [0, 0.05) is 5.56 Å². The molecule has 1 heterocycles. The van der Waals surface area contributed by atoms with Gasteiger partial charge in [-0.3, -0.25) is 4.79 Å². The third kappa shape index (κ3) is 3.61. The Hall–Kier alpha value is -3.48. The Labute approximate surface area is 150 Å². The molecule has 134 valence electrons. The third-order valence-electron chi connectivity index (χ3n) is 3.76. The summed E-state index contributed by atoms with van der Waals surface area (Å²) >= 11 is 0. The minimum Gasteiger partial charge on any atom is -0.504 e. The van der Waals surface area contributed by atoms with Crippen LogP contribution in [0.2, 0.25) is 0 Å². The van der Waals surface area contributed by atoms with Crippen molar-refractivity contribution in [1.29, 1.82) is 0 Å². The van der Waals surface area contributed by atoms with Crippen LogP contribution < -0.4 is 14.8 Å². The Bertz CT molecular complexity index is 920. The Kier molecular flexibility index (Phi) is 5.07. The monoisotopic (exact) mass is 354 g/mol. The lowest BCUT2D eigenvalue weighted by molar-refractivity contribution is 0.0947. The fourth-order valence-corrected chi connectivity index (χ4v) is 2.44. The molecule has 3 rings (SSSR count). The number of carbonyl (C=O) groups is 1. The van der Waals surface area contributed by atoms with Crippen LogP contribution in [0.5, 0.6) is 17.2 Å². The number of hydrogen-bond donors (Lipinski definition) is 2. The fraction of sp³-hybridized carbons (Fsp3) is 0.158. The van der Waals surface area contributed by atoms with Crippen molar-refractivity contribution in [1.82, 2.24) is 10.3 Å². The van der Waals surface area contributed by atoms with Crippen molar-refractivity contribution in [2.75, 3.05) is 14.2 Å². The molecule has 1 amide bonds. The van der Waals surface area contributed by atoms with Gasteiger partial charge in [-0.2, -0.15) is 0 Å². The number of nitrogens with one attached hydrogen (secondary N) is 1. The average Bonchev–Trinajstić information content (AvgIpc) is 3.15. The van der Waals surface area contributed by atoms with E-state index in [9.17, 15) is 9.90 Å². The molecule has 2 aromatic carbocycles. The molecule has 0 aliphatic heterocycles. The minimum absolute atomic E-state index is 0.00535. The van der Waals surface area contributed by atoms with E-state index in [0.717, 1.165) is 0 Å². The Morgan fingerprint density at radius 3 is 2.65 bits per heavy atom. The van der Waals surface area contributed by atoms with E-state index in [1.165, 1.54) is 26.5 Å². The number of phenols is 1. The summed E-state index contributed by atoms with van der Waals surface area (Å²) in [6.45, 7) is 0.197. The lowest BCUT2D eigenvalue weighted by atomic mass is 10.2. The first-order valence-corrected chi connectivity index (χ1v) is 7.85. The second-order valence-corrected chi connectivity index (χ2v) is 5.41. The highest BCUT2D eigenvalue weighted by atomic mass is 16.5. The van der Waals surface area contributed by atoms with Crippen LogP contribution in [0.1, 0.15) is 16.1 Å². The number of amides is 1. The van der Waals surface area contributed by atoms with Crippen LogP contribution >= 0.6 is 0 Å². The van der Waals surface area contributed by atoms with E-state index in [-0.39, 0.29) is 18.2 Å². The van der Waals surface area contributed by atoms with Crippen molar-refractivity contribution in [3.05, 3.63) is 60.0 Å². The molecular formula is C19H18N2O5. The number of phenolic OH excluding ortho intramolecular Hbond substituents is 1. The quantitative estimate of drug-likeness (QED) is 0.707. The average molecular weight is 354 g/mol. The molecule has 2 N–H and O–H groups in total. The van der Waals surface area contributed by atoms with Gasteiger partial charge in [-0.05, 0) is 30.3 Å². The highest BCUT2D eigenvalue weighted by Gasteiger charge is 2.13. The van der Waals surface area contributed by atoms with E-state index >= 15 is 0 Å². The number of nitrogens with zero attached hydrogens (tertiary/aromatic N) is 1. The molecule has 0 atom stereocenters. The highest BCUT2D eigenvalue weighted by molar-refractivity contribution is 5.96. The van der Waals surface area contributed by atoms with Gasteiger partial charge in [0.2, 0.25) is 5.89 Å². The molecule has 0 saturated heterocycles. The Morgan fingerprint density at radius 1 is 1.15 bits per heavy atom. The van der Waals surface area contributed by atoms with E-state index in [1.54, 1.807) is 36.4 Å². The van der Waals surface area contributed by atoms with Crippen LogP contribution in [0.25, 0.3) is 11.5 Å². The van der Waals surface area contributed by atoms with Gasteiger partial charge in [-0.1, -0.05) is 12.1 Å². The lowest BCUT2D eigenvalue weighted by Crippen LogP contribution is -2.23. The van der Waals surface area contributed by atoms with E-state index in [2.05, 4.69) is 10.3 Å². The molecule has 3 aromatic rings. The van der Waals surface area contributed by atoms with Gasteiger partial charge >= 0.3 is 0 Å². The van der Waals surface area contributed by atoms with Crippen LogP contribution in [-0.2, 0) is 6.54 Å². The number of carbonyl (C=O) groups excluding carboxylic acids is 1. The van der Waals surface area contributed by atoms with E-state index in [4.69, 9.17) is 13.9 Å². The van der Waals surface area contributed by atoms with Crippen LogP contribution in [0.15, 0.2) is 53.1 Å². The smallest absolute Gasteiger partial charge is 0.255 e. The first kappa shape index (κ1) is 17.3. The first-order chi connectivity index (χ1) is 12.6. The molecule has 1 aromatic heterocycles. The van der Waals surface area contributed by atoms with Crippen molar-refractivity contribution < 1.29 is 23.8 Å². The molecule has 0 aliphatic rings. The van der Waals surface area contributed by atoms with Crippen molar-refractivity contribution in [3.63, 3.8) is 0 Å². The van der Waals surface area contributed by atoms with Gasteiger partial charge in [0.1, 0.15) is 12.0 Å². The Balaban J connectivity index is 1.69. The molecule has 7 nitrogen and oxygen atoms in total. The van der Waals surface area contributed by atoms with E-state index in [1.807, 2.05) is 0 Å². The zero-order valence-corrected chi connectivity index (χ0v) is 14.4. The lowest BCUT2D eigenvalue weighted by Gasteiger charge is -2.07. The van der Waals surface area contributed by atoms with Crippen molar-refractivity contribution in [2.24, 2.45) is 0 Å². The number of benzene rings is 2. The summed E-state index contributed by atoms with van der Waals surface area (Å²) in [5.41, 5.74) is 1.60. The summed E-state index contributed by atoms with van der Waals surface area (Å²) in [7, 11) is 2.99. The zero-order chi connectivity index (χ0) is 18.5. The Morgan fingerprint density at radius 2 is 1.92 bits per heavy atom. The molecule has 0 saturated carbocycles. The summed E-state index contributed by atoms with van der Waals surface area (Å²) in [5.74, 6) is 0.928. The largest absolute Gasteiger partial charge is 0.504 e. The van der Waals surface area contributed by atoms with Crippen LogP contribution in [0, 0.1) is 0 Å². The predicted octanol–water partition coefficient (Wildman–Crippen LogP) is 2.99. The van der Waals surface area contributed by atoms with Crippen LogP contribution in [0.4, 0.5) is 0 Å². The topological polar surface area (TPSA) is 93.8 Å². The second kappa shape index (κ2) is 7.60. The van der Waals surface area contributed by atoms with Gasteiger partial charge in [0.05, 0.1) is 32.0 Å². The van der Waals surface area contributed by atoms with Crippen LogP contribution in [-0.4, -0.2) is 30.2 Å². The first-order valence-electron chi connectivity index (χ1n) is 7.85. The van der Waals surface area contributed by atoms with Gasteiger partial charge in [0.15, 0.2) is 11.5 Å². The minimum atomic E-state index is -0.269. The number of methoxy groups -OCH3 is 2. The molecule has 0 unspecified atom stereocenters. The van der Waals surface area contributed by atoms with Crippen molar-refractivity contribution in [2.45, 2.75) is 6.54 Å². The summed E-state index contributed by atoms with van der Waals surface area (Å²) in [6, 6.07) is 11.8. The third-order valence-corrected chi connectivity index (χ3v) is 3.76. The van der Waals surface area contributed by atoms with Gasteiger partial charge in [-0.15, -0.1) is 0 Å². The summed E-state index contributed by atoms with van der Waals surface area (Å²) in [4.78, 5) is 16.6. The summed E-state index contributed by atoms with van der Waals surface area (Å²) in [6.07, 6.45) is 1.46. The molecule has 7 heteroatoms. The fourth-order valence-electron chi connectivity index (χ4n) is 2.44. The number of ether oxygens (including phenoxy) is 2. The molecule has 0 fully saturated rings. The maximum absolute atomic E-state index is 12.3. The molecular weight excluding hydrogens is 336 g/mol. The molecule has 0 spiro atoms. The highest BCUT2D eigenvalue weighted by Crippen LogP contribution is 2.30. The maximum Gasteiger partial charge on any atom is 0.255 e. The maximum atomic E-state index is 12.3. The normalized spacial score (nSPS) is 10.4. The second-order valence-electron chi connectivity index (χ2n) is 5.41. The summed E-state index contributed by atoms with van der Waals surface area (Å²) < 4.78 is 15.6. The predicted molar refractivity (Wildman–Crippen MR) is 94.3 cm³/mol. The number of para-hydroxylation sites is 1. The number of aromatic hydroxyl groups is 1. The van der Waals surface area contributed by atoms with Crippen molar-refractivity contribution >= 4 is 5.91 Å². The number of rotatable bonds is 6. The SMILES string of the molecule is COc1ccc(-c2nc(CNC(=O)c3ccccc3OC)co2)cc1O. The van der Waals surface area contributed by atoms with Crippen LogP contribution in [0.3, 0.4) is 0 Å².